The number of hydrogen-bond donors (Lipinski definition) is 2. The molecule has 220 valence electrons. The first-order valence-electron chi connectivity index (χ1n) is 14.0. The van der Waals surface area contributed by atoms with Gasteiger partial charge in [0, 0.05) is 43.1 Å². The molecule has 2 aliphatic heterocycles. The molecule has 11 nitrogen and oxygen atoms in total. The van der Waals surface area contributed by atoms with E-state index in [4.69, 9.17) is 20.0 Å². The van der Waals surface area contributed by atoms with E-state index in [1.807, 2.05) is 39.8 Å². The smallest absolute Gasteiger partial charge is 0.410 e. The van der Waals surface area contributed by atoms with E-state index < -0.39 is 11.7 Å². The molecule has 1 saturated carbocycles. The van der Waals surface area contributed by atoms with Crippen LogP contribution in [0, 0.1) is 5.92 Å². The van der Waals surface area contributed by atoms with Gasteiger partial charge in [0.1, 0.15) is 17.5 Å². The standard InChI is InChI=1S/C28H41N5O6S/c1-5-10-33(37-11-9-30-26(35)38-20-7-6-8-20)25(34)19-13-23-22(31-24(29)14-19)15-21(40-23)12-18-16-32(17-18)27(36)39-28(2,3)4/h13,15,18,20H,5-12,14,16-17H2,1-4H3,(H2,29,31)(H,30,35). The van der Waals surface area contributed by atoms with Gasteiger partial charge in [-0.25, -0.2) is 19.6 Å². The Morgan fingerprint density at radius 1 is 1.25 bits per heavy atom. The maximum Gasteiger partial charge on any atom is 0.410 e. The summed E-state index contributed by atoms with van der Waals surface area (Å²) in [6.07, 6.45) is 5.76. The lowest BCUT2D eigenvalue weighted by atomic mass is 9.96. The third-order valence-electron chi connectivity index (χ3n) is 6.70. The molecule has 0 unspecified atom stereocenters. The van der Waals surface area contributed by atoms with Crippen molar-refractivity contribution >= 4 is 47.0 Å². The van der Waals surface area contributed by atoms with E-state index in [9.17, 15) is 14.4 Å². The molecule has 1 saturated heterocycles. The Hall–Kier alpha value is -3.12. The van der Waals surface area contributed by atoms with Crippen LogP contribution in [0.15, 0.2) is 16.6 Å². The van der Waals surface area contributed by atoms with Crippen molar-refractivity contribution < 1.29 is 28.7 Å². The molecular weight excluding hydrogens is 534 g/mol. The van der Waals surface area contributed by atoms with Crippen LogP contribution in [0.5, 0.6) is 0 Å². The lowest BCUT2D eigenvalue weighted by Crippen LogP contribution is -2.52. The predicted octanol–water partition coefficient (Wildman–Crippen LogP) is 4.38. The van der Waals surface area contributed by atoms with Crippen LogP contribution in [0.2, 0.25) is 0 Å². The second kappa shape index (κ2) is 13.0. The number of amidine groups is 1. The molecule has 2 fully saturated rings. The Morgan fingerprint density at radius 3 is 2.65 bits per heavy atom. The highest BCUT2D eigenvalue weighted by Gasteiger charge is 2.34. The maximum atomic E-state index is 13.4. The van der Waals surface area contributed by atoms with E-state index in [2.05, 4.69) is 10.3 Å². The molecule has 40 heavy (non-hydrogen) atoms. The highest BCUT2D eigenvalue weighted by Crippen LogP contribution is 2.37. The molecular formula is C28H41N5O6S. The van der Waals surface area contributed by atoms with Crippen molar-refractivity contribution in [2.24, 2.45) is 16.6 Å². The van der Waals surface area contributed by atoms with Gasteiger partial charge in [-0.2, -0.15) is 0 Å². The zero-order chi connectivity index (χ0) is 28.9. The summed E-state index contributed by atoms with van der Waals surface area (Å²) in [5.41, 5.74) is 6.94. The third kappa shape index (κ3) is 8.20. The molecule has 0 bridgehead atoms. The minimum Gasteiger partial charge on any atom is -0.446 e. The molecule has 1 aromatic rings. The Kier molecular flexibility index (Phi) is 9.72. The molecule has 3 amide bonds. The zero-order valence-electron chi connectivity index (χ0n) is 23.9. The molecule has 3 N–H and O–H groups in total. The summed E-state index contributed by atoms with van der Waals surface area (Å²) in [5.74, 6) is 0.431. The summed E-state index contributed by atoms with van der Waals surface area (Å²) in [6.45, 7) is 9.61. The van der Waals surface area contributed by atoms with Gasteiger partial charge in [-0.3, -0.25) is 9.63 Å². The number of hydroxylamine groups is 2. The SMILES string of the molecule is CCCN(OCCNC(=O)OC1CCC1)C(=O)C1=Cc2sc(CC3CN(C(=O)OC(C)(C)C)C3)cc2N=C(N)C1. The molecule has 1 aromatic heterocycles. The van der Waals surface area contributed by atoms with E-state index in [0.717, 1.165) is 41.1 Å². The molecule has 0 radical (unpaired) electrons. The number of alkyl carbamates (subject to hydrolysis) is 1. The average Bonchev–Trinajstić information content (AvgIpc) is 3.11. The van der Waals surface area contributed by atoms with Gasteiger partial charge in [-0.1, -0.05) is 6.92 Å². The highest BCUT2D eigenvalue weighted by atomic mass is 32.1. The largest absolute Gasteiger partial charge is 0.446 e. The van der Waals surface area contributed by atoms with Crippen LogP contribution < -0.4 is 11.1 Å². The van der Waals surface area contributed by atoms with Crippen LogP contribution in [0.3, 0.4) is 0 Å². The second-order valence-electron chi connectivity index (χ2n) is 11.5. The van der Waals surface area contributed by atoms with Crippen LogP contribution in [-0.4, -0.2) is 78.4 Å². The van der Waals surface area contributed by atoms with Crippen molar-refractivity contribution in [2.45, 2.75) is 77.9 Å². The van der Waals surface area contributed by atoms with Gasteiger partial charge in [-0.15, -0.1) is 11.3 Å². The lowest BCUT2D eigenvalue weighted by Gasteiger charge is -2.39. The van der Waals surface area contributed by atoms with Crippen LogP contribution in [0.4, 0.5) is 15.3 Å². The first-order valence-corrected chi connectivity index (χ1v) is 14.9. The fraction of sp³-hybridized carbons (Fsp3) is 0.643. The molecule has 3 heterocycles. The van der Waals surface area contributed by atoms with Gasteiger partial charge in [0.05, 0.1) is 17.2 Å². The first-order chi connectivity index (χ1) is 19.0. The van der Waals surface area contributed by atoms with Crippen molar-refractivity contribution in [3.05, 3.63) is 21.4 Å². The fourth-order valence-corrected chi connectivity index (χ4v) is 5.69. The van der Waals surface area contributed by atoms with E-state index in [-0.39, 0.29) is 37.7 Å². The van der Waals surface area contributed by atoms with Gasteiger partial charge >= 0.3 is 12.2 Å². The topological polar surface area (TPSA) is 136 Å². The molecule has 3 aliphatic rings. The number of likely N-dealkylation sites (tertiary alicyclic amines) is 1. The number of nitrogens with two attached hydrogens (primary N) is 1. The van der Waals surface area contributed by atoms with Gasteiger partial charge < -0.3 is 25.4 Å². The molecule has 1 aliphatic carbocycles. The van der Waals surface area contributed by atoms with Crippen molar-refractivity contribution in [1.82, 2.24) is 15.3 Å². The fourth-order valence-electron chi connectivity index (χ4n) is 4.51. The number of carbonyl (C=O) groups is 3. The number of ether oxygens (including phenoxy) is 2. The van der Waals surface area contributed by atoms with E-state index in [1.54, 1.807) is 16.2 Å². The number of carbonyl (C=O) groups excluding carboxylic acids is 3. The van der Waals surface area contributed by atoms with Gasteiger partial charge in [0.2, 0.25) is 0 Å². The van der Waals surface area contributed by atoms with Gasteiger partial charge in [0.25, 0.3) is 5.91 Å². The Balaban J connectivity index is 1.32. The minimum atomic E-state index is -0.509. The summed E-state index contributed by atoms with van der Waals surface area (Å²) in [5, 5.41) is 4.00. The highest BCUT2D eigenvalue weighted by molar-refractivity contribution is 7.13. The summed E-state index contributed by atoms with van der Waals surface area (Å²) < 4.78 is 10.7. The van der Waals surface area contributed by atoms with Gasteiger partial charge in [-0.05, 0) is 70.9 Å². The van der Waals surface area contributed by atoms with E-state index in [1.165, 1.54) is 5.06 Å². The number of nitrogens with one attached hydrogen (secondary N) is 1. The van der Waals surface area contributed by atoms with Crippen LogP contribution in [-0.2, 0) is 25.5 Å². The number of hydrogen-bond acceptors (Lipinski definition) is 9. The minimum absolute atomic E-state index is 0.0108. The average molecular weight is 576 g/mol. The predicted molar refractivity (Wildman–Crippen MR) is 153 cm³/mol. The van der Waals surface area contributed by atoms with Crippen LogP contribution in [0.25, 0.3) is 6.08 Å². The summed E-state index contributed by atoms with van der Waals surface area (Å²) >= 11 is 1.58. The van der Waals surface area contributed by atoms with E-state index >= 15 is 0 Å². The number of thiophene rings is 1. The van der Waals surface area contributed by atoms with Crippen molar-refractivity contribution in [3.8, 4) is 0 Å². The first kappa shape index (κ1) is 29.9. The molecule has 0 aromatic carbocycles. The van der Waals surface area contributed by atoms with Crippen LogP contribution >= 0.6 is 11.3 Å². The molecule has 0 atom stereocenters. The van der Waals surface area contributed by atoms with Crippen molar-refractivity contribution in [2.75, 3.05) is 32.8 Å². The number of fused-ring (bicyclic) bond motifs is 1. The summed E-state index contributed by atoms with van der Waals surface area (Å²) in [6, 6.07) is 2.02. The normalized spacial score (nSPS) is 17.4. The monoisotopic (exact) mass is 575 g/mol. The Bertz CT molecular complexity index is 1150. The molecule has 4 rings (SSSR count). The molecule has 0 spiro atoms. The number of aliphatic imine (C=N–C) groups is 1. The second-order valence-corrected chi connectivity index (χ2v) is 12.7. The summed E-state index contributed by atoms with van der Waals surface area (Å²) in [7, 11) is 0. The van der Waals surface area contributed by atoms with Gasteiger partial charge in [0.15, 0.2) is 0 Å². The number of amides is 3. The third-order valence-corrected chi connectivity index (χ3v) is 7.80. The maximum absolute atomic E-state index is 13.4. The quantitative estimate of drug-likeness (QED) is 0.312. The molecule has 12 heteroatoms. The lowest BCUT2D eigenvalue weighted by molar-refractivity contribution is -0.181. The van der Waals surface area contributed by atoms with Crippen LogP contribution in [0.1, 0.15) is 69.6 Å². The Labute approximate surface area is 239 Å². The Morgan fingerprint density at radius 2 is 2.00 bits per heavy atom. The van der Waals surface area contributed by atoms with E-state index in [0.29, 0.717) is 43.4 Å². The number of rotatable bonds is 10. The summed E-state index contributed by atoms with van der Waals surface area (Å²) in [4.78, 5) is 51.5. The van der Waals surface area contributed by atoms with Crippen molar-refractivity contribution in [1.29, 1.82) is 0 Å². The zero-order valence-corrected chi connectivity index (χ0v) is 24.7. The van der Waals surface area contributed by atoms with Crippen molar-refractivity contribution in [3.63, 3.8) is 0 Å². The number of nitrogens with zero attached hydrogens (tertiary/aromatic N) is 3.